The molecule has 1 saturated heterocycles. The van der Waals surface area contributed by atoms with Crippen molar-refractivity contribution < 1.29 is 17.6 Å². The van der Waals surface area contributed by atoms with E-state index in [4.69, 9.17) is 0 Å². The van der Waals surface area contributed by atoms with Gasteiger partial charge in [-0.1, -0.05) is 0 Å². The van der Waals surface area contributed by atoms with Gasteiger partial charge >= 0.3 is 0 Å². The Morgan fingerprint density at radius 1 is 1.18 bits per heavy atom. The van der Waals surface area contributed by atoms with Gasteiger partial charge in [0.2, 0.25) is 5.03 Å². The van der Waals surface area contributed by atoms with E-state index in [0.29, 0.717) is 25.0 Å². The fourth-order valence-corrected chi connectivity index (χ4v) is 7.54. The third kappa shape index (κ3) is 4.00. The van der Waals surface area contributed by atoms with Crippen molar-refractivity contribution in [2.24, 2.45) is 11.3 Å². The Hall–Kier alpha value is -3.29. The minimum absolute atomic E-state index is 0.0199. The SMILES string of the molecule is CC(C)n1ncc(S(=O)(=O)N2CC[C@H]3Cc4c(cnn4-c4ccc(F)cc4)C[C@]3(C(=O)c3cscn3)C2)n1. The summed E-state index contributed by atoms with van der Waals surface area (Å²) in [6, 6.07) is 6.04. The Morgan fingerprint density at radius 3 is 2.66 bits per heavy atom. The van der Waals surface area contributed by atoms with E-state index in [1.54, 1.807) is 33.9 Å². The summed E-state index contributed by atoms with van der Waals surface area (Å²) in [4.78, 5) is 19.7. The summed E-state index contributed by atoms with van der Waals surface area (Å²) in [6.07, 6.45) is 4.35. The van der Waals surface area contributed by atoms with Crippen molar-refractivity contribution in [2.75, 3.05) is 13.1 Å². The van der Waals surface area contributed by atoms with Gasteiger partial charge in [-0.15, -0.1) is 16.4 Å². The molecule has 0 bridgehead atoms. The summed E-state index contributed by atoms with van der Waals surface area (Å²) < 4.78 is 44.0. The predicted octanol–water partition coefficient (Wildman–Crippen LogP) is 3.32. The number of carbonyl (C=O) groups excluding carboxylic acids is 1. The average Bonchev–Trinajstić information content (AvgIpc) is 3.68. The molecule has 10 nitrogen and oxygen atoms in total. The standard InChI is InChI=1S/C25H26FN7O3S2/c1-16(2)33-29-12-23(30-33)38(35,36)31-8-7-18-9-22-17(11-28-32(22)20-5-3-19(26)4-6-20)10-25(18,14-31)24(34)21-13-37-15-27-21/h3-6,11-13,15-16,18H,7-10,14H2,1-2H3/t18-,25-/m0/s1. The van der Waals surface area contributed by atoms with E-state index < -0.39 is 15.4 Å². The second-order valence-electron chi connectivity index (χ2n) is 10.2. The third-order valence-electron chi connectivity index (χ3n) is 7.61. The first-order valence-electron chi connectivity index (χ1n) is 12.4. The fraction of sp³-hybridized carbons (Fsp3) is 0.400. The van der Waals surface area contributed by atoms with E-state index in [-0.39, 0.29) is 41.7 Å². The van der Waals surface area contributed by atoms with Crippen LogP contribution in [0.25, 0.3) is 5.69 Å². The number of piperidine rings is 1. The van der Waals surface area contributed by atoms with E-state index in [9.17, 15) is 17.6 Å². The zero-order valence-corrected chi connectivity index (χ0v) is 22.5. The lowest BCUT2D eigenvalue weighted by molar-refractivity contribution is 0.0394. The number of benzene rings is 1. The molecular formula is C25H26FN7O3S2. The number of sulfonamides is 1. The van der Waals surface area contributed by atoms with Gasteiger partial charge in [0, 0.05) is 24.2 Å². The number of Topliss-reactive ketones (excluding diaryl/α,β-unsaturated/α-hetero) is 1. The number of ketones is 1. The lowest BCUT2D eigenvalue weighted by Gasteiger charge is -2.48. The molecule has 2 atom stereocenters. The minimum Gasteiger partial charge on any atom is -0.292 e. The summed E-state index contributed by atoms with van der Waals surface area (Å²) in [7, 11) is -3.97. The van der Waals surface area contributed by atoms with Crippen molar-refractivity contribution in [3.63, 3.8) is 0 Å². The van der Waals surface area contributed by atoms with Crippen LogP contribution in [0.1, 0.15) is 48.1 Å². The number of aromatic nitrogens is 6. The van der Waals surface area contributed by atoms with Crippen molar-refractivity contribution in [1.29, 1.82) is 0 Å². The van der Waals surface area contributed by atoms with Gasteiger partial charge in [-0.2, -0.15) is 19.3 Å². The lowest BCUT2D eigenvalue weighted by atomic mass is 9.60. The van der Waals surface area contributed by atoms with Gasteiger partial charge in [0.1, 0.15) is 11.5 Å². The molecule has 0 spiro atoms. The van der Waals surface area contributed by atoms with E-state index in [1.807, 2.05) is 13.8 Å². The molecule has 4 heterocycles. The van der Waals surface area contributed by atoms with Crippen molar-refractivity contribution in [3.8, 4) is 5.69 Å². The second-order valence-corrected chi connectivity index (χ2v) is 12.8. The van der Waals surface area contributed by atoms with Crippen LogP contribution < -0.4 is 0 Å². The quantitative estimate of drug-likeness (QED) is 0.335. The number of rotatable bonds is 6. The average molecular weight is 556 g/mol. The maximum Gasteiger partial charge on any atom is 0.264 e. The van der Waals surface area contributed by atoms with Gasteiger partial charge in [0.05, 0.1) is 35.0 Å². The first kappa shape index (κ1) is 25.0. The first-order chi connectivity index (χ1) is 18.2. The molecule has 1 aliphatic heterocycles. The lowest BCUT2D eigenvalue weighted by Crippen LogP contribution is -2.57. The topological polar surface area (TPSA) is 116 Å². The Morgan fingerprint density at radius 2 is 1.97 bits per heavy atom. The first-order valence-corrected chi connectivity index (χ1v) is 14.7. The van der Waals surface area contributed by atoms with Crippen LogP contribution in [-0.2, 0) is 22.9 Å². The van der Waals surface area contributed by atoms with Gasteiger partial charge in [-0.3, -0.25) is 4.79 Å². The number of carbonyl (C=O) groups is 1. The van der Waals surface area contributed by atoms with Crippen molar-refractivity contribution in [1.82, 2.24) is 34.1 Å². The monoisotopic (exact) mass is 555 g/mol. The minimum atomic E-state index is -3.97. The van der Waals surface area contributed by atoms with Crippen LogP contribution in [0, 0.1) is 17.2 Å². The maximum atomic E-state index is 14.1. The number of fused-ring (bicyclic) bond motifs is 2. The molecule has 3 aromatic heterocycles. The van der Waals surface area contributed by atoms with Gasteiger partial charge in [0.25, 0.3) is 10.0 Å². The summed E-state index contributed by atoms with van der Waals surface area (Å²) >= 11 is 1.33. The van der Waals surface area contributed by atoms with Crippen molar-refractivity contribution in [2.45, 2.75) is 44.2 Å². The van der Waals surface area contributed by atoms with Crippen molar-refractivity contribution >= 4 is 27.1 Å². The highest BCUT2D eigenvalue weighted by Gasteiger charge is 2.55. The second kappa shape index (κ2) is 9.17. The van der Waals surface area contributed by atoms with Crippen LogP contribution in [0.2, 0.25) is 0 Å². The van der Waals surface area contributed by atoms with E-state index in [2.05, 4.69) is 20.3 Å². The molecule has 13 heteroatoms. The fourth-order valence-electron chi connectivity index (χ4n) is 5.63. The summed E-state index contributed by atoms with van der Waals surface area (Å²) in [5.74, 6) is -0.614. The van der Waals surface area contributed by atoms with Crippen LogP contribution >= 0.6 is 11.3 Å². The Kier molecular flexibility index (Phi) is 6.04. The van der Waals surface area contributed by atoms with Crippen molar-refractivity contribution in [3.05, 3.63) is 70.3 Å². The Bertz CT molecular complexity index is 1600. The van der Waals surface area contributed by atoms with Gasteiger partial charge in [-0.25, -0.2) is 22.5 Å². The van der Waals surface area contributed by atoms with Crippen LogP contribution in [0.4, 0.5) is 4.39 Å². The van der Waals surface area contributed by atoms with E-state index in [0.717, 1.165) is 16.9 Å². The van der Waals surface area contributed by atoms with Crippen LogP contribution in [0.5, 0.6) is 0 Å². The molecule has 1 aliphatic carbocycles. The van der Waals surface area contributed by atoms with Crippen LogP contribution in [-0.4, -0.2) is 61.4 Å². The molecule has 2 aliphatic rings. The molecule has 0 N–H and O–H groups in total. The molecule has 1 fully saturated rings. The number of thiazole rings is 1. The highest BCUT2D eigenvalue weighted by atomic mass is 32.2. The molecular weight excluding hydrogens is 529 g/mol. The number of halogens is 1. The van der Waals surface area contributed by atoms with E-state index in [1.165, 1.54) is 38.8 Å². The smallest absolute Gasteiger partial charge is 0.264 e. The molecule has 198 valence electrons. The molecule has 38 heavy (non-hydrogen) atoms. The summed E-state index contributed by atoms with van der Waals surface area (Å²) in [6.45, 7) is 4.02. The maximum absolute atomic E-state index is 14.1. The summed E-state index contributed by atoms with van der Waals surface area (Å²) in [5, 5.41) is 14.5. The van der Waals surface area contributed by atoms with Gasteiger partial charge in [-0.05, 0) is 68.9 Å². The molecule has 1 aromatic carbocycles. The van der Waals surface area contributed by atoms with E-state index >= 15 is 0 Å². The highest BCUT2D eigenvalue weighted by Crippen LogP contribution is 2.48. The largest absolute Gasteiger partial charge is 0.292 e. The zero-order valence-electron chi connectivity index (χ0n) is 20.9. The molecule has 0 unspecified atom stereocenters. The number of hydrogen-bond acceptors (Lipinski definition) is 8. The number of nitrogens with zero attached hydrogens (tertiary/aromatic N) is 7. The molecule has 0 radical (unpaired) electrons. The third-order valence-corrected chi connectivity index (χ3v) is 9.90. The van der Waals surface area contributed by atoms with Crippen LogP contribution in [0.15, 0.2) is 52.6 Å². The number of hydrogen-bond donors (Lipinski definition) is 0. The molecule has 6 rings (SSSR count). The van der Waals surface area contributed by atoms with Gasteiger partial charge < -0.3 is 0 Å². The normalized spacial score (nSPS) is 21.8. The molecule has 4 aromatic rings. The summed E-state index contributed by atoms with van der Waals surface area (Å²) in [5.41, 5.74) is 3.52. The molecule has 0 amide bonds. The Balaban J connectivity index is 1.40. The zero-order chi connectivity index (χ0) is 26.7. The predicted molar refractivity (Wildman–Crippen MR) is 137 cm³/mol. The highest BCUT2D eigenvalue weighted by molar-refractivity contribution is 7.89. The molecule has 0 saturated carbocycles. The van der Waals surface area contributed by atoms with Crippen LogP contribution in [0.3, 0.4) is 0 Å². The van der Waals surface area contributed by atoms with Gasteiger partial charge in [0.15, 0.2) is 5.78 Å². The Labute approximate surface area is 223 Å².